The molecule has 0 bridgehead atoms. The Balaban J connectivity index is 0.00000144. The maximum atomic E-state index is 11.9. The normalized spacial score (nSPS) is 16.5. The highest BCUT2D eigenvalue weighted by Crippen LogP contribution is 2.25. The third-order valence-corrected chi connectivity index (χ3v) is 5.59. The number of hydrogen-bond donors (Lipinski definition) is 2. The number of aromatic nitrogens is 1. The predicted molar refractivity (Wildman–Crippen MR) is 109 cm³/mol. The number of hydrogen-bond acceptors (Lipinski definition) is 4. The highest BCUT2D eigenvalue weighted by molar-refractivity contribution is 9.10. The Kier molecular flexibility index (Phi) is 9.52. The van der Waals surface area contributed by atoms with Crippen molar-refractivity contribution in [3.63, 3.8) is 0 Å². The molecule has 0 radical (unpaired) electrons. The summed E-state index contributed by atoms with van der Waals surface area (Å²) in [5, 5.41) is 7.41. The molecule has 1 amide bonds. The molecule has 2 aromatic rings. The molecule has 2 heterocycles. The van der Waals surface area contributed by atoms with E-state index in [9.17, 15) is 4.79 Å². The molecule has 0 aliphatic carbocycles. The van der Waals surface area contributed by atoms with Gasteiger partial charge < -0.3 is 10.6 Å². The van der Waals surface area contributed by atoms with E-state index in [2.05, 4.69) is 37.6 Å². The molecule has 2 N–H and O–H groups in total. The summed E-state index contributed by atoms with van der Waals surface area (Å²) in [6.07, 6.45) is 3.54. The number of nitrogens with zero attached hydrogens (tertiary/aromatic N) is 1. The molecule has 1 aromatic carbocycles. The number of fused-ring (bicyclic) bond motifs is 1. The zero-order chi connectivity index (χ0) is 15.4. The van der Waals surface area contributed by atoms with Crippen LogP contribution in [0.1, 0.15) is 24.3 Å². The Labute approximate surface area is 167 Å². The second-order valence-corrected chi connectivity index (χ2v) is 7.75. The largest absolute Gasteiger partial charge is 0.356 e. The van der Waals surface area contributed by atoms with Gasteiger partial charge in [-0.2, -0.15) is 0 Å². The molecule has 1 aliphatic heterocycles. The molecule has 1 aromatic heterocycles. The van der Waals surface area contributed by atoms with Gasteiger partial charge in [0.15, 0.2) is 0 Å². The SMILES string of the molecule is Cl.Cl.O=C(CCc1nc2cc(Br)ccc2s1)NCCC1CCNC1. The Morgan fingerprint density at radius 3 is 3.00 bits per heavy atom. The summed E-state index contributed by atoms with van der Waals surface area (Å²) in [7, 11) is 0. The van der Waals surface area contributed by atoms with Crippen molar-refractivity contribution in [3.8, 4) is 0 Å². The summed E-state index contributed by atoms with van der Waals surface area (Å²) in [6, 6.07) is 6.11. The van der Waals surface area contributed by atoms with Gasteiger partial charge in [0.25, 0.3) is 0 Å². The van der Waals surface area contributed by atoms with Gasteiger partial charge >= 0.3 is 0 Å². The highest BCUT2D eigenvalue weighted by atomic mass is 79.9. The maximum absolute atomic E-state index is 11.9. The Morgan fingerprint density at radius 2 is 2.25 bits per heavy atom. The van der Waals surface area contributed by atoms with Gasteiger partial charge in [0.2, 0.25) is 5.91 Å². The minimum atomic E-state index is 0. The summed E-state index contributed by atoms with van der Waals surface area (Å²) >= 11 is 5.13. The van der Waals surface area contributed by atoms with E-state index in [-0.39, 0.29) is 30.7 Å². The van der Waals surface area contributed by atoms with Crippen LogP contribution in [-0.2, 0) is 11.2 Å². The summed E-state index contributed by atoms with van der Waals surface area (Å²) < 4.78 is 2.21. The van der Waals surface area contributed by atoms with Crippen LogP contribution in [0.3, 0.4) is 0 Å². The van der Waals surface area contributed by atoms with Crippen LogP contribution in [-0.4, -0.2) is 30.5 Å². The summed E-state index contributed by atoms with van der Waals surface area (Å²) in [6.45, 7) is 3.00. The molecule has 0 saturated carbocycles. The van der Waals surface area contributed by atoms with Crippen LogP contribution in [0.2, 0.25) is 0 Å². The number of thiazole rings is 1. The number of nitrogens with one attached hydrogen (secondary N) is 2. The average Bonchev–Trinajstić information content (AvgIpc) is 3.13. The number of benzene rings is 1. The standard InChI is InChI=1S/C16H20BrN3OS.2ClH/c17-12-1-2-14-13(9-12)20-16(22-14)4-3-15(21)19-8-6-11-5-7-18-10-11;;/h1-2,9,11,18H,3-8,10H2,(H,19,21);2*1H. The molecular formula is C16H22BrCl2N3OS. The van der Waals surface area contributed by atoms with E-state index in [0.29, 0.717) is 12.8 Å². The van der Waals surface area contributed by atoms with Gasteiger partial charge in [-0.15, -0.1) is 36.2 Å². The molecule has 1 unspecified atom stereocenters. The molecule has 8 heteroatoms. The molecular weight excluding hydrogens is 433 g/mol. The average molecular weight is 455 g/mol. The van der Waals surface area contributed by atoms with E-state index in [0.717, 1.165) is 47.0 Å². The fourth-order valence-corrected chi connectivity index (χ4v) is 4.04. The van der Waals surface area contributed by atoms with Crippen LogP contribution < -0.4 is 10.6 Å². The molecule has 3 rings (SSSR count). The van der Waals surface area contributed by atoms with Gasteiger partial charge in [0.05, 0.1) is 15.2 Å². The lowest BCUT2D eigenvalue weighted by Crippen LogP contribution is -2.26. The van der Waals surface area contributed by atoms with Gasteiger partial charge in [-0.1, -0.05) is 15.9 Å². The first kappa shape index (κ1) is 21.6. The van der Waals surface area contributed by atoms with Gasteiger partial charge in [-0.3, -0.25) is 4.79 Å². The fraction of sp³-hybridized carbons (Fsp3) is 0.500. The predicted octanol–water partition coefficient (Wildman–Crippen LogP) is 3.95. The van der Waals surface area contributed by atoms with Gasteiger partial charge in [0, 0.05) is 23.9 Å². The Hall–Kier alpha value is -0.400. The third kappa shape index (κ3) is 6.15. The lowest BCUT2D eigenvalue weighted by Gasteiger charge is -2.08. The number of rotatable bonds is 6. The first-order valence-corrected chi connectivity index (χ1v) is 9.34. The van der Waals surface area contributed by atoms with E-state index in [1.807, 2.05) is 12.1 Å². The van der Waals surface area contributed by atoms with Crippen molar-refractivity contribution in [1.29, 1.82) is 0 Å². The van der Waals surface area contributed by atoms with E-state index < -0.39 is 0 Å². The van der Waals surface area contributed by atoms with Crippen molar-refractivity contribution in [3.05, 3.63) is 27.7 Å². The van der Waals surface area contributed by atoms with Crippen molar-refractivity contribution in [1.82, 2.24) is 15.6 Å². The van der Waals surface area contributed by atoms with E-state index in [1.165, 1.54) is 11.1 Å². The molecule has 1 atom stereocenters. The third-order valence-electron chi connectivity index (χ3n) is 4.00. The zero-order valence-electron chi connectivity index (χ0n) is 13.2. The van der Waals surface area contributed by atoms with Crippen molar-refractivity contribution in [2.45, 2.75) is 25.7 Å². The summed E-state index contributed by atoms with van der Waals surface area (Å²) in [5.74, 6) is 0.856. The zero-order valence-corrected chi connectivity index (χ0v) is 17.3. The smallest absolute Gasteiger partial charge is 0.220 e. The topological polar surface area (TPSA) is 54.0 Å². The molecule has 1 saturated heterocycles. The van der Waals surface area contributed by atoms with E-state index >= 15 is 0 Å². The lowest BCUT2D eigenvalue weighted by atomic mass is 10.1. The lowest BCUT2D eigenvalue weighted by molar-refractivity contribution is -0.121. The van der Waals surface area contributed by atoms with Crippen LogP contribution in [0.15, 0.2) is 22.7 Å². The quantitative estimate of drug-likeness (QED) is 0.694. The number of carbonyl (C=O) groups is 1. The van der Waals surface area contributed by atoms with Crippen LogP contribution in [0, 0.1) is 5.92 Å². The summed E-state index contributed by atoms with van der Waals surface area (Å²) in [4.78, 5) is 16.5. The number of aryl methyl sites for hydroxylation is 1. The Bertz CT molecular complexity index is 662. The second kappa shape index (κ2) is 10.6. The van der Waals surface area contributed by atoms with Crippen LogP contribution >= 0.6 is 52.1 Å². The molecule has 4 nitrogen and oxygen atoms in total. The van der Waals surface area contributed by atoms with E-state index in [4.69, 9.17) is 0 Å². The molecule has 24 heavy (non-hydrogen) atoms. The van der Waals surface area contributed by atoms with Crippen LogP contribution in [0.25, 0.3) is 10.2 Å². The summed E-state index contributed by atoms with van der Waals surface area (Å²) in [5.41, 5.74) is 1.00. The molecule has 1 fully saturated rings. The second-order valence-electron chi connectivity index (χ2n) is 5.72. The number of halogens is 3. The maximum Gasteiger partial charge on any atom is 0.220 e. The molecule has 0 spiro atoms. The fourth-order valence-electron chi connectivity index (χ4n) is 2.74. The first-order valence-electron chi connectivity index (χ1n) is 7.73. The van der Waals surface area contributed by atoms with Gasteiger partial charge in [0.1, 0.15) is 0 Å². The van der Waals surface area contributed by atoms with Gasteiger partial charge in [-0.05, 0) is 50.0 Å². The molecule has 1 aliphatic rings. The van der Waals surface area contributed by atoms with E-state index in [1.54, 1.807) is 11.3 Å². The number of carbonyl (C=O) groups excluding carboxylic acids is 1. The van der Waals surface area contributed by atoms with Crippen molar-refractivity contribution >= 4 is 68.2 Å². The highest BCUT2D eigenvalue weighted by Gasteiger charge is 2.14. The minimum absolute atomic E-state index is 0. The van der Waals surface area contributed by atoms with Crippen molar-refractivity contribution in [2.24, 2.45) is 5.92 Å². The van der Waals surface area contributed by atoms with Crippen LogP contribution in [0.4, 0.5) is 0 Å². The van der Waals surface area contributed by atoms with Crippen LogP contribution in [0.5, 0.6) is 0 Å². The van der Waals surface area contributed by atoms with Gasteiger partial charge in [-0.25, -0.2) is 4.98 Å². The Morgan fingerprint density at radius 1 is 1.42 bits per heavy atom. The first-order chi connectivity index (χ1) is 10.7. The monoisotopic (exact) mass is 453 g/mol. The van der Waals surface area contributed by atoms with Crippen molar-refractivity contribution in [2.75, 3.05) is 19.6 Å². The molecule has 134 valence electrons. The minimum Gasteiger partial charge on any atom is -0.356 e. The number of amides is 1. The van der Waals surface area contributed by atoms with Crippen molar-refractivity contribution < 1.29 is 4.79 Å².